The van der Waals surface area contributed by atoms with E-state index in [0.717, 1.165) is 30.5 Å². The van der Waals surface area contributed by atoms with Crippen LogP contribution in [-0.4, -0.2) is 30.3 Å². The number of benzene rings is 1. The van der Waals surface area contributed by atoms with Gasteiger partial charge < -0.3 is 0 Å². The van der Waals surface area contributed by atoms with E-state index >= 15 is 0 Å². The molecule has 2 heteroatoms. The molecule has 0 radical (unpaired) electrons. The molecule has 1 aliphatic carbocycles. The number of aryl methyl sites for hydroxylation is 1. The summed E-state index contributed by atoms with van der Waals surface area (Å²) < 4.78 is 0. The van der Waals surface area contributed by atoms with Crippen LogP contribution in [0.4, 0.5) is 0 Å². The van der Waals surface area contributed by atoms with Crippen molar-refractivity contribution in [2.24, 2.45) is 11.8 Å². The van der Waals surface area contributed by atoms with Gasteiger partial charge in [-0.25, -0.2) is 0 Å². The molecule has 2 aliphatic rings. The van der Waals surface area contributed by atoms with Crippen LogP contribution in [0, 0.1) is 18.8 Å². The third-order valence-corrected chi connectivity index (χ3v) is 5.12. The van der Waals surface area contributed by atoms with Crippen molar-refractivity contribution in [1.82, 2.24) is 4.90 Å². The first-order chi connectivity index (χ1) is 9.72. The number of hydrogen-bond donors (Lipinski definition) is 0. The molecule has 0 bridgehead atoms. The summed E-state index contributed by atoms with van der Waals surface area (Å²) >= 11 is 0. The summed E-state index contributed by atoms with van der Waals surface area (Å²) in [6.45, 7) is 4.91. The molecule has 0 spiro atoms. The largest absolute Gasteiger partial charge is 0.296 e. The van der Waals surface area contributed by atoms with Crippen LogP contribution in [0.5, 0.6) is 0 Å². The zero-order valence-electron chi connectivity index (χ0n) is 12.5. The van der Waals surface area contributed by atoms with Gasteiger partial charge in [0, 0.05) is 12.1 Å². The van der Waals surface area contributed by atoms with Crippen molar-refractivity contribution in [2.75, 3.05) is 19.6 Å². The van der Waals surface area contributed by atoms with Crippen molar-refractivity contribution in [1.29, 1.82) is 0 Å². The highest BCUT2D eigenvalue weighted by Gasteiger charge is 2.31. The molecule has 0 N–H and O–H groups in total. The number of rotatable bonds is 3. The van der Waals surface area contributed by atoms with Gasteiger partial charge in [-0.15, -0.1) is 0 Å². The van der Waals surface area contributed by atoms with Crippen LogP contribution in [0.2, 0.25) is 0 Å². The fraction of sp³-hybridized carbons (Fsp3) is 0.611. The van der Waals surface area contributed by atoms with Crippen LogP contribution in [0.1, 0.15) is 48.0 Å². The molecule has 2 unspecified atom stereocenters. The number of Topliss-reactive ketones (excluding diaryl/α,β-unsaturated/α-hetero) is 1. The Labute approximate surface area is 122 Å². The van der Waals surface area contributed by atoms with E-state index in [4.69, 9.17) is 0 Å². The van der Waals surface area contributed by atoms with Crippen LogP contribution in [0.25, 0.3) is 0 Å². The SMILES string of the molecule is Cc1ccc(C(=O)CN2CCC3CCCCC3C2)cc1. The molecule has 20 heavy (non-hydrogen) atoms. The molecule has 0 amide bonds. The van der Waals surface area contributed by atoms with Gasteiger partial charge in [-0.05, 0) is 38.1 Å². The zero-order chi connectivity index (χ0) is 13.9. The second-order valence-corrected chi connectivity index (χ2v) is 6.62. The highest BCUT2D eigenvalue weighted by molar-refractivity contribution is 5.97. The number of hydrogen-bond acceptors (Lipinski definition) is 2. The third kappa shape index (κ3) is 3.12. The second kappa shape index (κ2) is 6.09. The molecule has 1 saturated heterocycles. The van der Waals surface area contributed by atoms with Gasteiger partial charge in [-0.3, -0.25) is 9.69 Å². The lowest BCUT2D eigenvalue weighted by molar-refractivity contribution is 0.0713. The maximum Gasteiger partial charge on any atom is 0.176 e. The predicted octanol–water partition coefficient (Wildman–Crippen LogP) is 3.69. The van der Waals surface area contributed by atoms with E-state index in [-0.39, 0.29) is 5.78 Å². The number of fused-ring (bicyclic) bond motifs is 1. The second-order valence-electron chi connectivity index (χ2n) is 6.62. The van der Waals surface area contributed by atoms with Gasteiger partial charge in [0.15, 0.2) is 5.78 Å². The molecule has 2 nitrogen and oxygen atoms in total. The Balaban J connectivity index is 1.58. The average Bonchev–Trinajstić information content (AvgIpc) is 2.48. The molecule has 1 aromatic rings. The van der Waals surface area contributed by atoms with Gasteiger partial charge in [0.05, 0.1) is 6.54 Å². The summed E-state index contributed by atoms with van der Waals surface area (Å²) in [6, 6.07) is 7.98. The Bertz CT molecular complexity index is 465. The summed E-state index contributed by atoms with van der Waals surface area (Å²) in [7, 11) is 0. The molecule has 0 aromatic heterocycles. The normalized spacial score (nSPS) is 27.1. The van der Waals surface area contributed by atoms with Crippen molar-refractivity contribution in [2.45, 2.75) is 39.0 Å². The quantitative estimate of drug-likeness (QED) is 0.781. The highest BCUT2D eigenvalue weighted by atomic mass is 16.1. The minimum atomic E-state index is 0.277. The first kappa shape index (κ1) is 13.8. The van der Waals surface area contributed by atoms with Gasteiger partial charge in [-0.1, -0.05) is 49.1 Å². The first-order valence-electron chi connectivity index (χ1n) is 8.04. The van der Waals surface area contributed by atoms with Crippen molar-refractivity contribution in [3.63, 3.8) is 0 Å². The van der Waals surface area contributed by atoms with E-state index in [1.165, 1.54) is 37.7 Å². The van der Waals surface area contributed by atoms with Crippen molar-refractivity contribution in [3.8, 4) is 0 Å². The summed E-state index contributed by atoms with van der Waals surface area (Å²) in [5.74, 6) is 2.07. The lowest BCUT2D eigenvalue weighted by Crippen LogP contribution is -2.43. The summed E-state index contributed by atoms with van der Waals surface area (Å²) in [4.78, 5) is 14.7. The molecular formula is C18H25NO. The Hall–Kier alpha value is -1.15. The molecule has 3 rings (SSSR count). The lowest BCUT2D eigenvalue weighted by atomic mass is 9.75. The van der Waals surface area contributed by atoms with Gasteiger partial charge in [-0.2, -0.15) is 0 Å². The summed E-state index contributed by atoms with van der Waals surface area (Å²) in [5.41, 5.74) is 2.07. The number of nitrogens with zero attached hydrogens (tertiary/aromatic N) is 1. The van der Waals surface area contributed by atoms with Gasteiger partial charge in [0.2, 0.25) is 0 Å². The predicted molar refractivity (Wildman–Crippen MR) is 82.0 cm³/mol. The molecule has 1 saturated carbocycles. The number of carbonyl (C=O) groups excluding carboxylic acids is 1. The molecule has 108 valence electrons. The van der Waals surface area contributed by atoms with Crippen LogP contribution < -0.4 is 0 Å². The van der Waals surface area contributed by atoms with Crippen molar-refractivity contribution >= 4 is 5.78 Å². The van der Waals surface area contributed by atoms with Crippen molar-refractivity contribution < 1.29 is 4.79 Å². The van der Waals surface area contributed by atoms with Gasteiger partial charge in [0.25, 0.3) is 0 Å². The van der Waals surface area contributed by atoms with Crippen LogP contribution in [-0.2, 0) is 0 Å². The van der Waals surface area contributed by atoms with E-state index in [9.17, 15) is 4.79 Å². The highest BCUT2D eigenvalue weighted by Crippen LogP contribution is 2.35. The van der Waals surface area contributed by atoms with Gasteiger partial charge >= 0.3 is 0 Å². The fourth-order valence-corrected chi connectivity index (χ4v) is 3.85. The van der Waals surface area contributed by atoms with E-state index in [2.05, 4.69) is 11.8 Å². The molecule has 2 atom stereocenters. The topological polar surface area (TPSA) is 20.3 Å². The minimum absolute atomic E-state index is 0.277. The van der Waals surface area contributed by atoms with Crippen LogP contribution >= 0.6 is 0 Å². The molecule has 1 aromatic carbocycles. The van der Waals surface area contributed by atoms with E-state index < -0.39 is 0 Å². The average molecular weight is 271 g/mol. The van der Waals surface area contributed by atoms with Crippen LogP contribution in [0.3, 0.4) is 0 Å². The molecule has 2 fully saturated rings. The summed E-state index contributed by atoms with van der Waals surface area (Å²) in [5, 5.41) is 0. The number of likely N-dealkylation sites (tertiary alicyclic amines) is 1. The van der Waals surface area contributed by atoms with Crippen molar-refractivity contribution in [3.05, 3.63) is 35.4 Å². The molecule has 1 aliphatic heterocycles. The molecular weight excluding hydrogens is 246 g/mol. The smallest absolute Gasteiger partial charge is 0.176 e. The van der Waals surface area contributed by atoms with E-state index in [1.54, 1.807) is 0 Å². The third-order valence-electron chi connectivity index (χ3n) is 5.12. The molecule has 1 heterocycles. The van der Waals surface area contributed by atoms with E-state index in [1.807, 2.05) is 24.3 Å². The Morgan fingerprint density at radius 1 is 1.10 bits per heavy atom. The first-order valence-corrected chi connectivity index (χ1v) is 8.04. The number of piperidine rings is 1. The van der Waals surface area contributed by atoms with E-state index in [0.29, 0.717) is 6.54 Å². The standard InChI is InChI=1S/C18H25NO/c1-14-6-8-16(9-7-14)18(20)13-19-11-10-15-4-2-3-5-17(15)12-19/h6-9,15,17H,2-5,10-13H2,1H3. The fourth-order valence-electron chi connectivity index (χ4n) is 3.85. The summed E-state index contributed by atoms with van der Waals surface area (Å²) in [6.07, 6.45) is 6.90. The minimum Gasteiger partial charge on any atom is -0.296 e. The van der Waals surface area contributed by atoms with Gasteiger partial charge in [0.1, 0.15) is 0 Å². The lowest BCUT2D eigenvalue weighted by Gasteiger charge is -2.41. The van der Waals surface area contributed by atoms with Crippen LogP contribution in [0.15, 0.2) is 24.3 Å². The maximum absolute atomic E-state index is 12.3. The maximum atomic E-state index is 12.3. The Morgan fingerprint density at radius 2 is 1.80 bits per heavy atom. The Morgan fingerprint density at radius 3 is 2.55 bits per heavy atom. The number of ketones is 1. The zero-order valence-corrected chi connectivity index (χ0v) is 12.5. The Kier molecular flexibility index (Phi) is 4.21. The number of carbonyl (C=O) groups is 1. The monoisotopic (exact) mass is 271 g/mol.